The number of rotatable bonds is 9. The molecule has 0 spiro atoms. The summed E-state index contributed by atoms with van der Waals surface area (Å²) in [6, 6.07) is 8.59. The number of likely N-dealkylation sites (tertiary alicyclic amines) is 1. The molecule has 1 aromatic heterocycles. The van der Waals surface area contributed by atoms with E-state index < -0.39 is 0 Å². The molecule has 1 aliphatic heterocycles. The lowest BCUT2D eigenvalue weighted by Gasteiger charge is -2.32. The molecule has 1 saturated heterocycles. The van der Waals surface area contributed by atoms with Gasteiger partial charge in [0, 0.05) is 37.9 Å². The Kier molecular flexibility index (Phi) is 8.71. The van der Waals surface area contributed by atoms with E-state index in [4.69, 9.17) is 4.74 Å². The molecule has 0 atom stereocenters. The molecule has 1 N–H and O–H groups in total. The van der Waals surface area contributed by atoms with Crippen LogP contribution in [0.4, 0.5) is 4.79 Å². The van der Waals surface area contributed by atoms with Crippen LogP contribution in [0.25, 0.3) is 0 Å². The van der Waals surface area contributed by atoms with Crippen LogP contribution < -0.4 is 5.32 Å². The molecule has 3 rings (SSSR count). The second-order valence-electron chi connectivity index (χ2n) is 8.80. The summed E-state index contributed by atoms with van der Waals surface area (Å²) in [4.78, 5) is 30.5. The zero-order valence-corrected chi connectivity index (χ0v) is 19.5. The molecule has 174 valence electrons. The standard InChI is InChI=1S/C25H36N4O3/c1-4-5-16-32-23(30)17-27-25(31)28-13-10-22(11-14-28)24-26-12-15-29(24)18-20-6-8-21(9-7-20)19(2)3/h6-9,12,15,19,22H,4-5,10-11,13-14,16-18H2,1-3H3,(H,27,31). The number of carbonyl (C=O) groups is 2. The molecule has 2 aromatic rings. The number of urea groups is 1. The molecule has 7 heteroatoms. The molecule has 0 saturated carbocycles. The first-order valence-corrected chi connectivity index (χ1v) is 11.8. The Hall–Kier alpha value is -2.83. The molecular weight excluding hydrogens is 404 g/mol. The molecule has 1 aromatic carbocycles. The van der Waals surface area contributed by atoms with Gasteiger partial charge in [-0.05, 0) is 36.3 Å². The minimum Gasteiger partial charge on any atom is -0.464 e. The van der Waals surface area contributed by atoms with E-state index in [0.717, 1.165) is 38.1 Å². The number of nitrogens with one attached hydrogen (secondary N) is 1. The summed E-state index contributed by atoms with van der Waals surface area (Å²) in [6.07, 6.45) is 7.43. The highest BCUT2D eigenvalue weighted by Crippen LogP contribution is 2.27. The van der Waals surface area contributed by atoms with Gasteiger partial charge in [0.25, 0.3) is 0 Å². The lowest BCUT2D eigenvalue weighted by molar-refractivity contribution is -0.142. The molecule has 7 nitrogen and oxygen atoms in total. The number of hydrogen-bond donors (Lipinski definition) is 1. The average Bonchev–Trinajstić information content (AvgIpc) is 3.26. The molecule has 0 bridgehead atoms. The fourth-order valence-corrected chi connectivity index (χ4v) is 4.00. The van der Waals surface area contributed by atoms with Crippen molar-refractivity contribution in [2.45, 2.75) is 64.8 Å². The minimum absolute atomic E-state index is 0.0809. The van der Waals surface area contributed by atoms with Crippen LogP contribution in [0.1, 0.15) is 75.2 Å². The van der Waals surface area contributed by atoms with Gasteiger partial charge in [-0.3, -0.25) is 4.79 Å². The second kappa shape index (κ2) is 11.7. The lowest BCUT2D eigenvalue weighted by Crippen LogP contribution is -2.45. The first-order valence-electron chi connectivity index (χ1n) is 11.8. The van der Waals surface area contributed by atoms with E-state index in [-0.39, 0.29) is 18.5 Å². The van der Waals surface area contributed by atoms with Crippen molar-refractivity contribution in [2.75, 3.05) is 26.2 Å². The van der Waals surface area contributed by atoms with E-state index in [1.165, 1.54) is 11.1 Å². The molecule has 32 heavy (non-hydrogen) atoms. The SMILES string of the molecule is CCCCOC(=O)CNC(=O)N1CCC(c2nccn2Cc2ccc(C(C)C)cc2)CC1. The summed E-state index contributed by atoms with van der Waals surface area (Å²) in [7, 11) is 0. The van der Waals surface area contributed by atoms with Crippen molar-refractivity contribution in [3.8, 4) is 0 Å². The third-order valence-electron chi connectivity index (χ3n) is 6.04. The Morgan fingerprint density at radius 1 is 1.19 bits per heavy atom. The maximum absolute atomic E-state index is 12.4. The van der Waals surface area contributed by atoms with Gasteiger partial charge in [0.2, 0.25) is 0 Å². The summed E-state index contributed by atoms with van der Waals surface area (Å²) >= 11 is 0. The Morgan fingerprint density at radius 3 is 2.56 bits per heavy atom. The maximum atomic E-state index is 12.4. The Bertz CT molecular complexity index is 868. The molecule has 0 aliphatic carbocycles. The van der Waals surface area contributed by atoms with E-state index in [1.807, 2.05) is 19.3 Å². The zero-order chi connectivity index (χ0) is 22.9. The molecule has 0 unspecified atom stereocenters. The number of esters is 1. The second-order valence-corrected chi connectivity index (χ2v) is 8.80. The Labute approximate surface area is 191 Å². The molecule has 2 amide bonds. The average molecular weight is 441 g/mol. The minimum atomic E-state index is -0.384. The van der Waals surface area contributed by atoms with Crippen molar-refractivity contribution < 1.29 is 14.3 Å². The van der Waals surface area contributed by atoms with Gasteiger partial charge in [0.15, 0.2) is 0 Å². The topological polar surface area (TPSA) is 76.5 Å². The largest absolute Gasteiger partial charge is 0.464 e. The zero-order valence-electron chi connectivity index (χ0n) is 19.5. The van der Waals surface area contributed by atoms with Crippen molar-refractivity contribution in [2.24, 2.45) is 0 Å². The van der Waals surface area contributed by atoms with Gasteiger partial charge in [-0.2, -0.15) is 0 Å². The van der Waals surface area contributed by atoms with Crippen molar-refractivity contribution in [3.63, 3.8) is 0 Å². The van der Waals surface area contributed by atoms with E-state index in [0.29, 0.717) is 31.5 Å². The molecule has 1 fully saturated rings. The van der Waals surface area contributed by atoms with Crippen LogP contribution in [0.15, 0.2) is 36.7 Å². The van der Waals surface area contributed by atoms with Crippen LogP contribution in [0.3, 0.4) is 0 Å². The van der Waals surface area contributed by atoms with E-state index in [1.54, 1.807) is 4.90 Å². The van der Waals surface area contributed by atoms with Crippen LogP contribution in [-0.2, 0) is 16.1 Å². The normalized spacial score (nSPS) is 14.6. The van der Waals surface area contributed by atoms with Crippen LogP contribution >= 0.6 is 0 Å². The van der Waals surface area contributed by atoms with Crippen molar-refractivity contribution in [1.82, 2.24) is 19.8 Å². The molecular formula is C25H36N4O3. The highest BCUT2D eigenvalue weighted by molar-refractivity contribution is 5.80. The summed E-state index contributed by atoms with van der Waals surface area (Å²) < 4.78 is 7.30. The maximum Gasteiger partial charge on any atom is 0.325 e. The van der Waals surface area contributed by atoms with Crippen LogP contribution in [0.5, 0.6) is 0 Å². The number of imidazole rings is 1. The predicted molar refractivity (Wildman–Crippen MR) is 125 cm³/mol. The lowest BCUT2D eigenvalue weighted by atomic mass is 9.96. The first-order chi connectivity index (χ1) is 15.5. The number of carbonyl (C=O) groups excluding carboxylic acids is 2. The molecule has 1 aliphatic rings. The number of amides is 2. The Balaban J connectivity index is 1.48. The fraction of sp³-hybridized carbons (Fsp3) is 0.560. The summed E-state index contributed by atoms with van der Waals surface area (Å²) in [5, 5.41) is 2.68. The quantitative estimate of drug-likeness (QED) is 0.466. The van der Waals surface area contributed by atoms with Crippen LogP contribution in [-0.4, -0.2) is 52.7 Å². The smallest absolute Gasteiger partial charge is 0.325 e. The van der Waals surface area contributed by atoms with Crippen molar-refractivity contribution in [1.29, 1.82) is 0 Å². The van der Waals surface area contributed by atoms with Gasteiger partial charge in [-0.15, -0.1) is 0 Å². The van der Waals surface area contributed by atoms with Gasteiger partial charge in [0.05, 0.1) is 6.61 Å². The van der Waals surface area contributed by atoms with Gasteiger partial charge >= 0.3 is 12.0 Å². The van der Waals surface area contributed by atoms with Crippen LogP contribution in [0, 0.1) is 0 Å². The summed E-state index contributed by atoms with van der Waals surface area (Å²) in [6.45, 7) is 8.87. The van der Waals surface area contributed by atoms with Crippen molar-refractivity contribution >= 4 is 12.0 Å². The number of piperidine rings is 1. The highest BCUT2D eigenvalue weighted by Gasteiger charge is 2.26. The highest BCUT2D eigenvalue weighted by atomic mass is 16.5. The monoisotopic (exact) mass is 440 g/mol. The van der Waals surface area contributed by atoms with Gasteiger partial charge in [-0.1, -0.05) is 51.5 Å². The van der Waals surface area contributed by atoms with E-state index >= 15 is 0 Å². The number of unbranched alkanes of at least 4 members (excludes halogenated alkanes) is 1. The Morgan fingerprint density at radius 2 is 1.91 bits per heavy atom. The number of hydrogen-bond acceptors (Lipinski definition) is 4. The van der Waals surface area contributed by atoms with Crippen molar-refractivity contribution in [3.05, 3.63) is 53.6 Å². The molecule has 2 heterocycles. The number of ether oxygens (including phenoxy) is 1. The number of nitrogens with zero attached hydrogens (tertiary/aromatic N) is 3. The summed E-state index contributed by atoms with van der Waals surface area (Å²) in [5.41, 5.74) is 2.61. The number of aromatic nitrogens is 2. The van der Waals surface area contributed by atoms with E-state index in [2.05, 4.69) is 53.0 Å². The van der Waals surface area contributed by atoms with Gasteiger partial charge in [-0.25, -0.2) is 9.78 Å². The fourth-order valence-electron chi connectivity index (χ4n) is 4.00. The van der Waals surface area contributed by atoms with Gasteiger partial charge in [0.1, 0.15) is 12.4 Å². The predicted octanol–water partition coefficient (Wildman–Crippen LogP) is 4.29. The third-order valence-corrected chi connectivity index (χ3v) is 6.04. The summed E-state index contributed by atoms with van der Waals surface area (Å²) in [5.74, 6) is 1.55. The number of benzene rings is 1. The van der Waals surface area contributed by atoms with E-state index in [9.17, 15) is 9.59 Å². The molecule has 0 radical (unpaired) electrons. The van der Waals surface area contributed by atoms with Crippen LogP contribution in [0.2, 0.25) is 0 Å². The first kappa shape index (κ1) is 23.8. The third kappa shape index (κ3) is 6.58. The van der Waals surface area contributed by atoms with Gasteiger partial charge < -0.3 is 19.5 Å².